The van der Waals surface area contributed by atoms with E-state index in [2.05, 4.69) is 20.1 Å². The lowest BCUT2D eigenvalue weighted by Gasteiger charge is -2.45. The van der Waals surface area contributed by atoms with E-state index in [1.165, 1.54) is 0 Å². The number of carbonyl (C=O) groups excluding carboxylic acids is 3. The zero-order valence-corrected chi connectivity index (χ0v) is 23.7. The number of aliphatic hydroxyl groups excluding tert-OH is 1. The second kappa shape index (κ2) is 10.9. The number of aliphatic hydroxyl groups is 1. The normalized spacial score (nSPS) is 31.8. The van der Waals surface area contributed by atoms with Gasteiger partial charge in [-0.1, -0.05) is 32.9 Å². The van der Waals surface area contributed by atoms with Gasteiger partial charge in [-0.15, -0.1) is 24.9 Å². The molecule has 3 rings (SSSR count). The smallest absolute Gasteiger partial charge is 0.247 e. The fraction of sp³-hybridized carbons (Fsp3) is 0.750. The first-order valence-corrected chi connectivity index (χ1v) is 14.3. The number of nitrogens with zero attached hydrogens (tertiary/aromatic N) is 3. The fourth-order valence-corrected chi connectivity index (χ4v) is 9.12. The predicted molar refractivity (Wildman–Crippen MR) is 145 cm³/mol. The van der Waals surface area contributed by atoms with E-state index in [1.54, 1.807) is 33.7 Å². The maximum absolute atomic E-state index is 14.4. The molecule has 7 atom stereocenters. The second-order valence-corrected chi connectivity index (χ2v) is 13.1. The van der Waals surface area contributed by atoms with Crippen LogP contribution in [0.5, 0.6) is 0 Å². The van der Waals surface area contributed by atoms with Crippen molar-refractivity contribution in [2.75, 3.05) is 26.2 Å². The van der Waals surface area contributed by atoms with Gasteiger partial charge in [0.05, 0.1) is 29.2 Å². The van der Waals surface area contributed by atoms with Gasteiger partial charge in [-0.25, -0.2) is 0 Å². The monoisotopic (exact) mass is 519 g/mol. The summed E-state index contributed by atoms with van der Waals surface area (Å²) in [6, 6.07) is -1.20. The Morgan fingerprint density at radius 3 is 2.36 bits per heavy atom. The standard InChI is InChI=1S/C28H45N3O4S/c1-9-13-29(14-10-2)24(33)21-20-16-18(5)28(36-20)22(21)25(34)31(19(12-4)17-32)23(28)26(35)30(15-11-3)27(6,7)8/h9,11,18-23,32H,1,3,10,12-17H2,2,4-8H3/t18?,19-,20-,21+,22-,23?,28?/m0/s1. The van der Waals surface area contributed by atoms with E-state index in [1.807, 2.05) is 39.5 Å². The van der Waals surface area contributed by atoms with Crippen LogP contribution in [0.4, 0.5) is 0 Å². The number of rotatable bonds is 11. The molecular weight excluding hydrogens is 474 g/mol. The third-order valence-electron chi connectivity index (χ3n) is 8.32. The van der Waals surface area contributed by atoms with Crippen LogP contribution < -0.4 is 0 Å². The first-order chi connectivity index (χ1) is 17.0. The van der Waals surface area contributed by atoms with Crippen molar-refractivity contribution in [2.45, 2.75) is 88.4 Å². The lowest BCUT2D eigenvalue weighted by Crippen LogP contribution is -2.62. The summed E-state index contributed by atoms with van der Waals surface area (Å²) in [7, 11) is 0. The minimum atomic E-state index is -0.729. The van der Waals surface area contributed by atoms with Crippen LogP contribution in [0.2, 0.25) is 0 Å². The lowest BCUT2D eigenvalue weighted by atomic mass is 9.65. The van der Waals surface area contributed by atoms with Crippen molar-refractivity contribution in [3.8, 4) is 0 Å². The second-order valence-electron chi connectivity index (χ2n) is 11.5. The lowest BCUT2D eigenvalue weighted by molar-refractivity contribution is -0.148. The maximum atomic E-state index is 14.4. The molecule has 3 amide bonds. The number of hydrogen-bond acceptors (Lipinski definition) is 5. The first kappa shape index (κ1) is 28.8. The molecule has 3 aliphatic heterocycles. The predicted octanol–water partition coefficient (Wildman–Crippen LogP) is 3.33. The van der Waals surface area contributed by atoms with Crippen molar-refractivity contribution in [3.05, 3.63) is 25.3 Å². The van der Waals surface area contributed by atoms with E-state index >= 15 is 0 Å². The summed E-state index contributed by atoms with van der Waals surface area (Å²) in [6.07, 6.45) is 5.60. The molecule has 8 heteroatoms. The molecular formula is C28H45N3O4S. The molecule has 3 fully saturated rings. The Morgan fingerprint density at radius 1 is 1.22 bits per heavy atom. The summed E-state index contributed by atoms with van der Waals surface area (Å²) in [5.41, 5.74) is -0.475. The molecule has 7 nitrogen and oxygen atoms in total. The van der Waals surface area contributed by atoms with Gasteiger partial charge in [-0.2, -0.15) is 0 Å². The molecule has 0 aliphatic carbocycles. The van der Waals surface area contributed by atoms with E-state index in [0.717, 1.165) is 12.8 Å². The molecule has 2 bridgehead atoms. The highest BCUT2D eigenvalue weighted by Gasteiger charge is 2.77. The van der Waals surface area contributed by atoms with Crippen molar-refractivity contribution in [1.82, 2.24) is 14.7 Å². The molecule has 36 heavy (non-hydrogen) atoms. The Balaban J connectivity index is 2.16. The number of hydrogen-bond donors (Lipinski definition) is 1. The number of likely N-dealkylation sites (tertiary alicyclic amines) is 1. The van der Waals surface area contributed by atoms with E-state index < -0.39 is 34.2 Å². The summed E-state index contributed by atoms with van der Waals surface area (Å²) in [5.74, 6) is -1.24. The zero-order chi connectivity index (χ0) is 27.0. The molecule has 0 saturated carbocycles. The third kappa shape index (κ3) is 4.42. The first-order valence-electron chi connectivity index (χ1n) is 13.4. The average Bonchev–Trinajstić information content (AvgIpc) is 3.41. The van der Waals surface area contributed by atoms with Crippen LogP contribution in [0.3, 0.4) is 0 Å². The Bertz CT molecular complexity index is 883. The molecule has 202 valence electrons. The highest BCUT2D eigenvalue weighted by Crippen LogP contribution is 2.69. The van der Waals surface area contributed by atoms with Crippen LogP contribution in [0.1, 0.15) is 60.8 Å². The van der Waals surface area contributed by atoms with Crippen LogP contribution in [0.15, 0.2) is 25.3 Å². The zero-order valence-electron chi connectivity index (χ0n) is 22.9. The molecule has 0 aromatic heterocycles. The van der Waals surface area contributed by atoms with Crippen molar-refractivity contribution in [3.63, 3.8) is 0 Å². The minimum Gasteiger partial charge on any atom is -0.394 e. The summed E-state index contributed by atoms with van der Waals surface area (Å²) in [5, 5.41) is 10.3. The van der Waals surface area contributed by atoms with Gasteiger partial charge < -0.3 is 19.8 Å². The average molecular weight is 520 g/mol. The fourth-order valence-electron chi connectivity index (χ4n) is 6.73. The van der Waals surface area contributed by atoms with Gasteiger partial charge in [-0.3, -0.25) is 14.4 Å². The Morgan fingerprint density at radius 2 is 1.86 bits per heavy atom. The molecule has 0 radical (unpaired) electrons. The van der Waals surface area contributed by atoms with E-state index in [-0.39, 0.29) is 35.5 Å². The summed E-state index contributed by atoms with van der Waals surface area (Å²) in [6.45, 7) is 20.9. The van der Waals surface area contributed by atoms with Crippen molar-refractivity contribution in [2.24, 2.45) is 17.8 Å². The minimum absolute atomic E-state index is 0.000217. The molecule has 3 heterocycles. The largest absolute Gasteiger partial charge is 0.394 e. The maximum Gasteiger partial charge on any atom is 0.247 e. The van der Waals surface area contributed by atoms with E-state index in [9.17, 15) is 19.5 Å². The number of amides is 3. The van der Waals surface area contributed by atoms with Crippen molar-refractivity contribution in [1.29, 1.82) is 0 Å². The number of thioether (sulfide) groups is 1. The highest BCUT2D eigenvalue weighted by molar-refractivity contribution is 8.02. The Hall–Kier alpha value is -1.80. The van der Waals surface area contributed by atoms with Gasteiger partial charge in [0.15, 0.2) is 0 Å². The molecule has 3 unspecified atom stereocenters. The summed E-state index contributed by atoms with van der Waals surface area (Å²) < 4.78 is -0.696. The topological polar surface area (TPSA) is 81.2 Å². The van der Waals surface area contributed by atoms with Crippen molar-refractivity contribution < 1.29 is 19.5 Å². The SMILES string of the molecule is C=CCN(CCC)C(=O)[C@@H]1[C@@H]2CC(C)C3(S2)C(C(=O)N(CC=C)C(C)(C)C)N([C@@H](CC)CO)C(=O)[C@H]13. The van der Waals surface area contributed by atoms with Crippen LogP contribution in [-0.4, -0.2) is 91.4 Å². The van der Waals surface area contributed by atoms with E-state index in [4.69, 9.17) is 0 Å². The van der Waals surface area contributed by atoms with Gasteiger partial charge in [0, 0.05) is 30.4 Å². The third-order valence-corrected chi connectivity index (χ3v) is 10.4. The molecule has 0 aromatic rings. The highest BCUT2D eigenvalue weighted by atomic mass is 32.2. The van der Waals surface area contributed by atoms with Crippen LogP contribution in [0, 0.1) is 17.8 Å². The Labute approximate surface area is 221 Å². The number of carbonyl (C=O) groups is 3. The van der Waals surface area contributed by atoms with Crippen LogP contribution >= 0.6 is 11.8 Å². The molecule has 0 aromatic carbocycles. The van der Waals surface area contributed by atoms with E-state index in [0.29, 0.717) is 26.1 Å². The summed E-state index contributed by atoms with van der Waals surface area (Å²) >= 11 is 1.69. The molecule has 1 N–H and O–H groups in total. The van der Waals surface area contributed by atoms with Gasteiger partial charge in [0.2, 0.25) is 17.7 Å². The molecule has 1 spiro atoms. The van der Waals surface area contributed by atoms with Gasteiger partial charge in [-0.05, 0) is 46.0 Å². The van der Waals surface area contributed by atoms with Crippen LogP contribution in [0.25, 0.3) is 0 Å². The van der Waals surface area contributed by atoms with Crippen molar-refractivity contribution >= 4 is 29.5 Å². The van der Waals surface area contributed by atoms with Crippen LogP contribution in [-0.2, 0) is 14.4 Å². The Kier molecular flexibility index (Phi) is 8.71. The molecule has 3 saturated heterocycles. The quantitative estimate of drug-likeness (QED) is 0.424. The van der Waals surface area contributed by atoms with Gasteiger partial charge >= 0.3 is 0 Å². The molecule has 3 aliphatic rings. The van der Waals surface area contributed by atoms with Gasteiger partial charge in [0.1, 0.15) is 6.04 Å². The number of fused-ring (bicyclic) bond motifs is 1. The van der Waals surface area contributed by atoms with Gasteiger partial charge in [0.25, 0.3) is 0 Å². The summed E-state index contributed by atoms with van der Waals surface area (Å²) in [4.78, 5) is 47.9.